The molecule has 0 atom stereocenters. The van der Waals surface area contributed by atoms with Crippen LogP contribution in [-0.2, 0) is 16.2 Å². The molecule has 2 aliphatic rings. The van der Waals surface area contributed by atoms with E-state index in [9.17, 15) is 0 Å². The van der Waals surface area contributed by atoms with Crippen LogP contribution in [0.4, 0.5) is 0 Å². The molecule has 0 bridgehead atoms. The highest BCUT2D eigenvalue weighted by atomic mass is 127. The molecule has 0 fully saturated rings. The van der Waals surface area contributed by atoms with Crippen LogP contribution in [0.3, 0.4) is 0 Å². The lowest BCUT2D eigenvalue weighted by atomic mass is 9.78. The summed E-state index contributed by atoms with van der Waals surface area (Å²) in [6.07, 6.45) is 0. The molecule has 1 aromatic heterocycles. The van der Waals surface area contributed by atoms with E-state index in [1.165, 1.54) is 171 Å². The Hall–Kier alpha value is -9.39. The van der Waals surface area contributed by atoms with Gasteiger partial charge in [0.25, 0.3) is 0 Å². The zero-order valence-corrected chi connectivity index (χ0v) is 83.7. The minimum absolute atomic E-state index is 0.0246. The zero-order chi connectivity index (χ0) is 86.2. The monoisotopic (exact) mass is 2260 g/mol. The molecule has 21 rings (SSSR count). The van der Waals surface area contributed by atoms with Crippen molar-refractivity contribution in [1.29, 1.82) is 0 Å². The lowest BCUT2D eigenvalue weighted by Crippen LogP contribution is -2.18. The van der Waals surface area contributed by atoms with Gasteiger partial charge in [-0.3, -0.25) is 0 Å². The number of fused-ring (bicyclic) bond motifs is 10. The first-order chi connectivity index (χ1) is 60.0. The Labute approximate surface area is 812 Å². The Balaban J connectivity index is 0.000000112. The minimum Gasteiger partial charge on any atom is -0.309 e. The van der Waals surface area contributed by atoms with Gasteiger partial charge in [0.05, 0.1) is 11.0 Å². The standard InChI is InChI=1S/C27H20BrN.C22H15Br.C21H17Br.C18H13I.C15H14BrI.C12H8BrI/c1-27(2)23-15-17(28)11-13-19(23)20-14-12-18(16-24(20)27)29-25-9-5-3-7-21(25)22-8-4-6-10-26(22)29;23-20-14-12-17(13-15-20)16-8-10-19(11-9-16)22-7-3-5-18-4-1-2-6-21(18)22;1-21(2)19-12-15(14-6-4-3-5-7-14)8-10-17(19)18-11-9-16(22)13-20(18)21;19-18-11-9-15(10-12-18)17-8-4-7-16(13-17)14-5-2-1-3-6-14;1-15(2,11-5-3-7-13(16)9-11)12-6-4-8-14(17)10-12;13-11-5-1-9(2-6-11)10-3-7-12(14)8-4-10/h3-16H,1-2H3;1-15H;3-13H,1-2H3;1-13H;3-10H,1-2H3;1-8H. The molecule has 0 radical (unpaired) electrons. The summed E-state index contributed by atoms with van der Waals surface area (Å²) in [6.45, 7) is 13.8. The van der Waals surface area contributed by atoms with Crippen LogP contribution in [-0.4, -0.2) is 4.57 Å². The number of halogens is 8. The number of rotatable bonds is 9. The van der Waals surface area contributed by atoms with Crippen molar-refractivity contribution in [1.82, 2.24) is 4.57 Å². The summed E-state index contributed by atoms with van der Waals surface area (Å²) in [7, 11) is 0. The van der Waals surface area contributed by atoms with Crippen molar-refractivity contribution in [3.63, 3.8) is 0 Å². The Morgan fingerprint density at radius 3 is 1.06 bits per heavy atom. The van der Waals surface area contributed by atoms with E-state index < -0.39 is 0 Å². The van der Waals surface area contributed by atoms with Crippen LogP contribution >= 0.6 is 147 Å². The lowest BCUT2D eigenvalue weighted by molar-refractivity contribution is 0.640. The third-order valence-electron chi connectivity index (χ3n) is 23.6. The maximum Gasteiger partial charge on any atom is 0.0541 e. The predicted molar refractivity (Wildman–Crippen MR) is 573 cm³/mol. The first-order valence-electron chi connectivity index (χ1n) is 41.3. The van der Waals surface area contributed by atoms with Gasteiger partial charge in [-0.25, -0.2) is 0 Å². The van der Waals surface area contributed by atoms with Gasteiger partial charge in [0.1, 0.15) is 0 Å². The summed E-state index contributed by atoms with van der Waals surface area (Å²) >= 11 is 24.7. The van der Waals surface area contributed by atoms with Gasteiger partial charge in [0, 0.05) is 65.8 Å². The van der Waals surface area contributed by atoms with Crippen molar-refractivity contribution < 1.29 is 0 Å². The Morgan fingerprint density at radius 1 is 0.226 bits per heavy atom. The second-order valence-corrected chi connectivity index (χ2v) is 40.9. The molecule has 0 amide bonds. The van der Waals surface area contributed by atoms with Crippen molar-refractivity contribution in [3.05, 3.63) is 485 Å². The molecule has 0 saturated carbocycles. The molecule has 0 aliphatic heterocycles. The van der Waals surface area contributed by atoms with Crippen LogP contribution < -0.4 is 0 Å². The van der Waals surface area contributed by atoms with E-state index in [1.54, 1.807) is 0 Å². The summed E-state index contributed by atoms with van der Waals surface area (Å²) in [5.74, 6) is 0. The molecular weight excluding hydrogens is 2180 g/mol. The Morgan fingerprint density at radius 2 is 0.556 bits per heavy atom. The number of hydrogen-bond acceptors (Lipinski definition) is 0. The molecule has 124 heavy (non-hydrogen) atoms. The van der Waals surface area contributed by atoms with E-state index in [4.69, 9.17) is 0 Å². The third-order valence-corrected chi connectivity index (χ3v) is 28.3. The summed E-state index contributed by atoms with van der Waals surface area (Å²) < 4.78 is 11.9. The number of aromatic nitrogens is 1. The topological polar surface area (TPSA) is 4.93 Å². The van der Waals surface area contributed by atoms with Gasteiger partial charge in [-0.05, 0) is 334 Å². The van der Waals surface area contributed by atoms with Gasteiger partial charge in [-0.2, -0.15) is 0 Å². The highest BCUT2D eigenvalue weighted by Crippen LogP contribution is 2.52. The fraction of sp³-hybridized carbons (Fsp3) is 0.0783. The molecular formula is C115H87Br5I3N. The quantitative estimate of drug-likeness (QED) is 0.127. The zero-order valence-electron chi connectivity index (χ0n) is 69.3. The average Bonchev–Trinajstić information content (AvgIpc) is 1.57. The van der Waals surface area contributed by atoms with Gasteiger partial charge < -0.3 is 4.57 Å². The SMILES string of the molecule is Brc1ccc(-c2ccc(-c3cccc4ccccc34)cc2)cc1.Brc1ccc(-c2ccc(I)cc2)cc1.CC(C)(c1cccc(Br)c1)c1cccc(I)c1.CC1(C)c2cc(Br)ccc2-c2ccc(-c3ccccc3)cc21.CC1(C)c2cc(Br)ccc2-c2ccc(-n3c4ccccc4c4ccccc43)cc21.Ic1ccc(-c2cccc(-c3ccccc3)c2)cc1. The molecule has 18 aromatic carbocycles. The molecule has 1 heterocycles. The fourth-order valence-corrected chi connectivity index (χ4v) is 19.8. The van der Waals surface area contributed by atoms with Crippen LogP contribution in [0.5, 0.6) is 0 Å². The maximum atomic E-state index is 3.66. The van der Waals surface area contributed by atoms with Crippen LogP contribution in [0.15, 0.2) is 441 Å². The average molecular weight is 2260 g/mol. The Bertz CT molecular complexity index is 6850. The normalized spacial score (nSPS) is 12.2. The van der Waals surface area contributed by atoms with E-state index in [1.807, 2.05) is 6.07 Å². The predicted octanol–water partition coefficient (Wildman–Crippen LogP) is 36.9. The summed E-state index contributed by atoms with van der Waals surface area (Å²) in [5, 5.41) is 5.18. The highest BCUT2D eigenvalue weighted by Gasteiger charge is 2.37. The molecule has 608 valence electrons. The molecule has 0 spiro atoms. The largest absolute Gasteiger partial charge is 0.309 e. The first-order valence-corrected chi connectivity index (χ1v) is 48.5. The van der Waals surface area contributed by atoms with E-state index in [0.717, 1.165) is 22.4 Å². The molecule has 19 aromatic rings. The van der Waals surface area contributed by atoms with Crippen LogP contribution in [0, 0.1) is 10.7 Å². The summed E-state index contributed by atoms with van der Waals surface area (Å²) in [6, 6.07) is 149. The van der Waals surface area contributed by atoms with Crippen molar-refractivity contribution in [2.75, 3.05) is 0 Å². The van der Waals surface area contributed by atoms with Gasteiger partial charge in [-0.1, -0.05) is 406 Å². The van der Waals surface area contributed by atoms with Crippen molar-refractivity contribution in [3.8, 4) is 94.7 Å². The number of para-hydroxylation sites is 2. The smallest absolute Gasteiger partial charge is 0.0541 e. The molecule has 0 saturated heterocycles. The number of benzene rings is 18. The van der Waals surface area contributed by atoms with E-state index in [-0.39, 0.29) is 16.2 Å². The molecule has 0 unspecified atom stereocenters. The second kappa shape index (κ2) is 39.2. The lowest BCUT2D eigenvalue weighted by Gasteiger charge is -2.26. The summed E-state index contributed by atoms with van der Waals surface area (Å²) in [4.78, 5) is 0. The number of nitrogens with zero attached hydrogens (tertiary/aromatic N) is 1. The third kappa shape index (κ3) is 19.9. The van der Waals surface area contributed by atoms with E-state index in [2.05, 4.69) is 606 Å². The van der Waals surface area contributed by atoms with Gasteiger partial charge in [0.15, 0.2) is 0 Å². The summed E-state index contributed by atoms with van der Waals surface area (Å²) in [5.41, 5.74) is 32.6. The van der Waals surface area contributed by atoms with Crippen molar-refractivity contribution in [2.45, 2.75) is 57.8 Å². The molecule has 9 heteroatoms. The second-order valence-electron chi connectivity index (χ2n) is 32.6. The minimum atomic E-state index is -0.0246. The van der Waals surface area contributed by atoms with E-state index in [0.29, 0.717) is 0 Å². The number of hydrogen-bond donors (Lipinski definition) is 0. The van der Waals surface area contributed by atoms with Crippen molar-refractivity contribution >= 4 is 180 Å². The molecule has 0 N–H and O–H groups in total. The molecule has 1 nitrogen and oxygen atoms in total. The van der Waals surface area contributed by atoms with Gasteiger partial charge >= 0.3 is 0 Å². The van der Waals surface area contributed by atoms with Crippen molar-refractivity contribution in [2.24, 2.45) is 0 Å². The highest BCUT2D eigenvalue weighted by molar-refractivity contribution is 14.1. The first kappa shape index (κ1) is 88.1. The Kier molecular flexibility index (Phi) is 27.9. The van der Waals surface area contributed by atoms with Crippen LogP contribution in [0.2, 0.25) is 0 Å². The van der Waals surface area contributed by atoms with Gasteiger partial charge in [-0.15, -0.1) is 0 Å². The molecule has 2 aliphatic carbocycles. The van der Waals surface area contributed by atoms with Crippen LogP contribution in [0.1, 0.15) is 74.9 Å². The fourth-order valence-electron chi connectivity index (χ4n) is 16.9. The maximum absolute atomic E-state index is 3.66. The van der Waals surface area contributed by atoms with E-state index >= 15 is 0 Å². The van der Waals surface area contributed by atoms with Crippen LogP contribution in [0.25, 0.3) is 127 Å². The van der Waals surface area contributed by atoms with Gasteiger partial charge in [0.2, 0.25) is 0 Å².